The number of fused-ring (bicyclic) bond motifs is 1. The van der Waals surface area contributed by atoms with E-state index in [0.717, 1.165) is 18.4 Å². The van der Waals surface area contributed by atoms with Crippen LogP contribution in [0.25, 0.3) is 17.0 Å². The number of rotatable bonds is 2. The smallest absolute Gasteiger partial charge is 0.268 e. The molecular formula is C15H16N6O. The van der Waals surface area contributed by atoms with Crippen LogP contribution in [0.2, 0.25) is 0 Å². The Bertz CT molecular complexity index is 890. The lowest BCUT2D eigenvalue weighted by Crippen LogP contribution is -2.20. The van der Waals surface area contributed by atoms with Crippen LogP contribution in [0.3, 0.4) is 0 Å². The van der Waals surface area contributed by atoms with Crippen molar-refractivity contribution in [2.45, 2.75) is 38.6 Å². The van der Waals surface area contributed by atoms with Crippen molar-refractivity contribution < 1.29 is 0 Å². The molecule has 22 heavy (non-hydrogen) atoms. The summed E-state index contributed by atoms with van der Waals surface area (Å²) in [6, 6.07) is 4.06. The van der Waals surface area contributed by atoms with E-state index in [1.165, 1.54) is 12.8 Å². The van der Waals surface area contributed by atoms with Gasteiger partial charge in [-0.2, -0.15) is 0 Å². The minimum atomic E-state index is -0.136. The van der Waals surface area contributed by atoms with Crippen molar-refractivity contribution in [3.05, 3.63) is 40.4 Å². The third-order valence-electron chi connectivity index (χ3n) is 4.33. The molecule has 1 aliphatic carbocycles. The monoisotopic (exact) mass is 296 g/mol. The number of aromatic nitrogens is 6. The van der Waals surface area contributed by atoms with Gasteiger partial charge in [-0.25, -0.2) is 9.67 Å². The largest absolute Gasteiger partial charge is 0.269 e. The van der Waals surface area contributed by atoms with Crippen LogP contribution in [-0.4, -0.2) is 29.6 Å². The first-order valence-corrected chi connectivity index (χ1v) is 7.51. The second-order valence-corrected chi connectivity index (χ2v) is 5.75. The zero-order valence-electron chi connectivity index (χ0n) is 12.3. The van der Waals surface area contributed by atoms with Gasteiger partial charge in [0.25, 0.3) is 5.56 Å². The molecule has 0 bridgehead atoms. The average Bonchev–Trinajstić information content (AvgIpc) is 3.19. The number of aryl methyl sites for hydroxylation is 1. The van der Waals surface area contributed by atoms with E-state index in [1.54, 1.807) is 21.5 Å². The topological polar surface area (TPSA) is 78.0 Å². The molecule has 1 saturated carbocycles. The molecule has 3 heterocycles. The van der Waals surface area contributed by atoms with Crippen LogP contribution < -0.4 is 5.56 Å². The highest BCUT2D eigenvalue weighted by Crippen LogP contribution is 2.30. The fraction of sp³-hybridized carbons (Fsp3) is 0.400. The summed E-state index contributed by atoms with van der Waals surface area (Å²) in [5.41, 5.74) is 1.93. The van der Waals surface area contributed by atoms with Crippen molar-refractivity contribution in [1.82, 2.24) is 29.6 Å². The van der Waals surface area contributed by atoms with Gasteiger partial charge in [0.1, 0.15) is 11.2 Å². The third-order valence-corrected chi connectivity index (χ3v) is 4.33. The van der Waals surface area contributed by atoms with Gasteiger partial charge < -0.3 is 0 Å². The molecule has 0 radical (unpaired) electrons. The van der Waals surface area contributed by atoms with Crippen LogP contribution in [0.4, 0.5) is 0 Å². The summed E-state index contributed by atoms with van der Waals surface area (Å²) in [7, 11) is 0. The number of hydrogen-bond acceptors (Lipinski definition) is 5. The zero-order chi connectivity index (χ0) is 15.1. The lowest BCUT2D eigenvalue weighted by Gasteiger charge is -2.11. The summed E-state index contributed by atoms with van der Waals surface area (Å²) in [5, 5.41) is 11.9. The zero-order valence-corrected chi connectivity index (χ0v) is 12.3. The lowest BCUT2D eigenvalue weighted by atomic mass is 10.2. The number of tetrazole rings is 1. The maximum atomic E-state index is 12.8. The van der Waals surface area contributed by atoms with Gasteiger partial charge in [-0.05, 0) is 41.8 Å². The predicted molar refractivity (Wildman–Crippen MR) is 80.5 cm³/mol. The van der Waals surface area contributed by atoms with Crippen LogP contribution in [-0.2, 0) is 0 Å². The van der Waals surface area contributed by atoms with Crippen molar-refractivity contribution in [1.29, 1.82) is 0 Å². The summed E-state index contributed by atoms with van der Waals surface area (Å²) < 4.78 is 3.34. The van der Waals surface area contributed by atoms with Crippen LogP contribution in [0.15, 0.2) is 29.3 Å². The van der Waals surface area contributed by atoms with Gasteiger partial charge in [0, 0.05) is 12.4 Å². The summed E-state index contributed by atoms with van der Waals surface area (Å²) in [5.74, 6) is 0.514. The van der Waals surface area contributed by atoms with Crippen LogP contribution in [0, 0.1) is 6.92 Å². The Hall–Kier alpha value is -2.57. The first kappa shape index (κ1) is 13.1. The Morgan fingerprint density at radius 2 is 2.09 bits per heavy atom. The molecule has 4 rings (SSSR count). The molecule has 0 aliphatic heterocycles. The summed E-state index contributed by atoms with van der Waals surface area (Å²) >= 11 is 0. The Kier molecular flexibility index (Phi) is 2.99. The Morgan fingerprint density at radius 1 is 1.27 bits per heavy atom. The van der Waals surface area contributed by atoms with Crippen molar-refractivity contribution in [3.8, 4) is 11.4 Å². The second kappa shape index (κ2) is 5.01. The quantitative estimate of drug-likeness (QED) is 0.720. The van der Waals surface area contributed by atoms with Gasteiger partial charge in [0.2, 0.25) is 0 Å². The van der Waals surface area contributed by atoms with E-state index < -0.39 is 0 Å². The highest BCUT2D eigenvalue weighted by Gasteiger charge is 2.24. The van der Waals surface area contributed by atoms with E-state index in [4.69, 9.17) is 0 Å². The molecule has 1 fully saturated rings. The molecule has 0 N–H and O–H groups in total. The molecule has 3 aromatic heterocycles. The van der Waals surface area contributed by atoms with Crippen LogP contribution in [0.5, 0.6) is 0 Å². The molecule has 0 amide bonds. The fourth-order valence-corrected chi connectivity index (χ4v) is 3.17. The van der Waals surface area contributed by atoms with Gasteiger partial charge >= 0.3 is 0 Å². The molecule has 0 atom stereocenters. The number of pyridine rings is 1. The molecule has 0 aromatic carbocycles. The first-order valence-electron chi connectivity index (χ1n) is 7.51. The van der Waals surface area contributed by atoms with Gasteiger partial charge in [-0.1, -0.05) is 18.9 Å². The van der Waals surface area contributed by atoms with Crippen molar-refractivity contribution in [3.63, 3.8) is 0 Å². The molecule has 0 unspecified atom stereocenters. The normalized spacial score (nSPS) is 15.7. The average molecular weight is 296 g/mol. The Labute approximate surface area is 126 Å². The van der Waals surface area contributed by atoms with Crippen molar-refractivity contribution in [2.24, 2.45) is 0 Å². The molecule has 0 saturated heterocycles. The van der Waals surface area contributed by atoms with E-state index in [9.17, 15) is 4.79 Å². The highest BCUT2D eigenvalue weighted by molar-refractivity contribution is 5.56. The third kappa shape index (κ3) is 1.93. The maximum Gasteiger partial charge on any atom is 0.269 e. The van der Waals surface area contributed by atoms with E-state index in [-0.39, 0.29) is 11.6 Å². The summed E-state index contributed by atoms with van der Waals surface area (Å²) in [6.45, 7) is 1.93. The van der Waals surface area contributed by atoms with Crippen LogP contribution in [0.1, 0.15) is 37.3 Å². The number of hydrogen-bond donors (Lipinski definition) is 0. The number of nitrogens with zero attached hydrogens (tertiary/aromatic N) is 6. The summed E-state index contributed by atoms with van der Waals surface area (Å²) in [4.78, 5) is 17.2. The molecule has 0 spiro atoms. The second-order valence-electron chi connectivity index (χ2n) is 5.75. The predicted octanol–water partition coefficient (Wildman–Crippen LogP) is 1.77. The van der Waals surface area contributed by atoms with Crippen LogP contribution >= 0.6 is 0 Å². The molecule has 112 valence electrons. The molecule has 7 heteroatoms. The Balaban J connectivity index is 1.91. The highest BCUT2D eigenvalue weighted by atomic mass is 16.1. The Morgan fingerprint density at radius 3 is 2.91 bits per heavy atom. The molecule has 7 nitrogen and oxygen atoms in total. The van der Waals surface area contributed by atoms with Gasteiger partial charge in [0.05, 0.1) is 6.04 Å². The van der Waals surface area contributed by atoms with Gasteiger partial charge in [0.15, 0.2) is 5.82 Å². The van der Waals surface area contributed by atoms with Crippen molar-refractivity contribution in [2.75, 3.05) is 0 Å². The lowest BCUT2D eigenvalue weighted by molar-refractivity contribution is 0.458. The molecule has 1 aliphatic rings. The first-order chi connectivity index (χ1) is 10.8. The fourth-order valence-electron chi connectivity index (χ4n) is 3.17. The van der Waals surface area contributed by atoms with E-state index in [2.05, 4.69) is 20.5 Å². The standard InChI is InChI=1S/C15H16N6O/c1-10-5-4-8-20-13(10)16-9-12(15(20)22)14-17-18-19-21(14)11-6-2-3-7-11/h4-5,8-9,11H,2-3,6-7H2,1H3. The van der Waals surface area contributed by atoms with E-state index in [0.29, 0.717) is 17.0 Å². The summed E-state index contributed by atoms with van der Waals surface area (Å²) in [6.07, 6.45) is 7.78. The van der Waals surface area contributed by atoms with Gasteiger partial charge in [-0.3, -0.25) is 9.20 Å². The minimum Gasteiger partial charge on any atom is -0.268 e. The maximum absolute atomic E-state index is 12.8. The van der Waals surface area contributed by atoms with E-state index >= 15 is 0 Å². The molecular weight excluding hydrogens is 280 g/mol. The van der Waals surface area contributed by atoms with Crippen molar-refractivity contribution >= 4 is 5.65 Å². The van der Waals surface area contributed by atoms with E-state index in [1.807, 2.05) is 19.1 Å². The van der Waals surface area contributed by atoms with Gasteiger partial charge in [-0.15, -0.1) is 5.10 Å². The SMILES string of the molecule is Cc1cccn2c(=O)c(-c3nnnn3C3CCCC3)cnc12. The minimum absolute atomic E-state index is 0.136. The molecule has 3 aromatic rings.